The molecular formula is C20H19N5O3. The van der Waals surface area contributed by atoms with Crippen molar-refractivity contribution < 1.29 is 4.79 Å². The largest absolute Gasteiger partial charge is 0.350 e. The van der Waals surface area contributed by atoms with Crippen LogP contribution in [0.25, 0.3) is 0 Å². The van der Waals surface area contributed by atoms with E-state index in [1.807, 2.05) is 65.6 Å². The Kier molecular flexibility index (Phi) is 4.76. The number of anilines is 2. The average molecular weight is 377 g/mol. The first-order valence-corrected chi connectivity index (χ1v) is 8.98. The first kappa shape index (κ1) is 17.7. The number of hydrogen-bond donors (Lipinski definition) is 1. The third-order valence-electron chi connectivity index (χ3n) is 4.60. The summed E-state index contributed by atoms with van der Waals surface area (Å²) >= 11 is 0. The number of nitrogens with one attached hydrogen (secondary N) is 1. The van der Waals surface area contributed by atoms with Crippen LogP contribution >= 0.6 is 0 Å². The molecule has 0 aliphatic carbocycles. The molecule has 8 nitrogen and oxygen atoms in total. The average Bonchev–Trinajstić information content (AvgIpc) is 3.15. The zero-order valence-corrected chi connectivity index (χ0v) is 15.1. The van der Waals surface area contributed by atoms with Gasteiger partial charge in [-0.05, 0) is 17.7 Å². The summed E-state index contributed by atoms with van der Waals surface area (Å²) in [5, 5.41) is 7.04. The maximum Gasteiger partial charge on any atom is 0.333 e. The Labute approximate surface area is 160 Å². The number of aromatic nitrogens is 3. The van der Waals surface area contributed by atoms with Gasteiger partial charge in [0, 0.05) is 25.3 Å². The minimum Gasteiger partial charge on any atom is -0.350 e. The Morgan fingerprint density at radius 1 is 0.929 bits per heavy atom. The van der Waals surface area contributed by atoms with Crippen molar-refractivity contribution in [3.05, 3.63) is 86.9 Å². The van der Waals surface area contributed by atoms with E-state index in [0.29, 0.717) is 25.6 Å². The number of nitrogens with zero attached hydrogens (tertiary/aromatic N) is 4. The van der Waals surface area contributed by atoms with Gasteiger partial charge < -0.3 is 10.2 Å². The molecule has 0 radical (unpaired) electrons. The highest BCUT2D eigenvalue weighted by Crippen LogP contribution is 2.25. The molecule has 2 aromatic carbocycles. The third-order valence-corrected chi connectivity index (χ3v) is 4.60. The molecule has 2 heterocycles. The molecule has 0 fully saturated rings. The number of carbonyl (C=O) groups excluding carboxylic acids is 1. The van der Waals surface area contributed by atoms with Crippen molar-refractivity contribution in [2.75, 3.05) is 11.4 Å². The van der Waals surface area contributed by atoms with E-state index in [2.05, 4.69) is 10.4 Å². The van der Waals surface area contributed by atoms with E-state index < -0.39 is 11.1 Å². The predicted octanol–water partition coefficient (Wildman–Crippen LogP) is 0.873. The normalized spacial score (nSPS) is 12.6. The van der Waals surface area contributed by atoms with E-state index in [4.69, 9.17) is 0 Å². The molecule has 0 atom stereocenters. The van der Waals surface area contributed by atoms with Gasteiger partial charge in [-0.25, -0.2) is 4.68 Å². The van der Waals surface area contributed by atoms with Crippen LogP contribution in [0.2, 0.25) is 0 Å². The summed E-state index contributed by atoms with van der Waals surface area (Å²) in [5.41, 5.74) is 0.354. The van der Waals surface area contributed by atoms with E-state index in [1.54, 1.807) is 0 Å². The molecule has 1 amide bonds. The Bertz CT molecular complexity index is 1110. The fraction of sp³-hybridized carbons (Fsp3) is 0.200. The molecule has 8 heteroatoms. The minimum atomic E-state index is -0.798. The Morgan fingerprint density at radius 3 is 2.32 bits per heavy atom. The second-order valence-electron chi connectivity index (χ2n) is 6.47. The van der Waals surface area contributed by atoms with Crippen molar-refractivity contribution in [2.24, 2.45) is 0 Å². The first-order chi connectivity index (χ1) is 13.6. The Morgan fingerprint density at radius 2 is 1.61 bits per heavy atom. The van der Waals surface area contributed by atoms with E-state index in [9.17, 15) is 14.4 Å². The van der Waals surface area contributed by atoms with Crippen LogP contribution in [0.5, 0.6) is 0 Å². The third kappa shape index (κ3) is 3.44. The number of hydrogen-bond acceptors (Lipinski definition) is 5. The second kappa shape index (κ2) is 7.51. The summed E-state index contributed by atoms with van der Waals surface area (Å²) in [6.07, 6.45) is 0. The topological polar surface area (TPSA) is 89.2 Å². The lowest BCUT2D eigenvalue weighted by molar-refractivity contribution is -0.122. The molecule has 0 bridgehead atoms. The smallest absolute Gasteiger partial charge is 0.333 e. The number of rotatable bonds is 5. The number of benzene rings is 2. The van der Waals surface area contributed by atoms with Gasteiger partial charge in [0.2, 0.25) is 11.9 Å². The van der Waals surface area contributed by atoms with Gasteiger partial charge in [-0.15, -0.1) is 5.10 Å². The molecule has 0 spiro atoms. The fourth-order valence-corrected chi connectivity index (χ4v) is 3.17. The zero-order valence-electron chi connectivity index (χ0n) is 15.1. The predicted molar refractivity (Wildman–Crippen MR) is 104 cm³/mol. The lowest BCUT2D eigenvalue weighted by atomic mass is 10.2. The van der Waals surface area contributed by atoms with E-state index in [0.717, 1.165) is 15.9 Å². The highest BCUT2D eigenvalue weighted by molar-refractivity contribution is 5.75. The van der Waals surface area contributed by atoms with Crippen LogP contribution < -0.4 is 21.3 Å². The fourth-order valence-electron chi connectivity index (χ4n) is 3.17. The highest BCUT2D eigenvalue weighted by Gasteiger charge is 2.26. The summed E-state index contributed by atoms with van der Waals surface area (Å²) in [6.45, 7) is 0.952. The standard InChI is InChI=1S/C20H19N5O3/c26-17(21-13-15-7-3-1-4-8-15)14-25-19(28)18(27)24-12-11-23(20(24)22-25)16-9-5-2-6-10-16/h1-10H,11-14H2,(H,21,26). The number of para-hydroxylation sites is 1. The minimum absolute atomic E-state index is 0.308. The van der Waals surface area contributed by atoms with Crippen LogP contribution in [0.15, 0.2) is 70.3 Å². The monoisotopic (exact) mass is 377 g/mol. The first-order valence-electron chi connectivity index (χ1n) is 8.98. The summed E-state index contributed by atoms with van der Waals surface area (Å²) in [6, 6.07) is 18.9. The molecule has 3 aromatic rings. The van der Waals surface area contributed by atoms with Crippen molar-refractivity contribution in [1.29, 1.82) is 0 Å². The van der Waals surface area contributed by atoms with Crippen LogP contribution in [0.4, 0.5) is 11.6 Å². The molecule has 1 aromatic heterocycles. The van der Waals surface area contributed by atoms with E-state index in [1.165, 1.54) is 4.57 Å². The zero-order chi connectivity index (χ0) is 19.5. The molecule has 1 aliphatic heterocycles. The van der Waals surface area contributed by atoms with Crippen molar-refractivity contribution in [2.45, 2.75) is 19.6 Å². The van der Waals surface area contributed by atoms with Crippen molar-refractivity contribution >= 4 is 17.5 Å². The summed E-state index contributed by atoms with van der Waals surface area (Å²) in [7, 11) is 0. The van der Waals surface area contributed by atoms with Gasteiger partial charge in [-0.2, -0.15) is 0 Å². The summed E-state index contributed by atoms with van der Waals surface area (Å²) in [4.78, 5) is 38.9. The molecule has 1 aliphatic rings. The van der Waals surface area contributed by atoms with Crippen molar-refractivity contribution in [3.63, 3.8) is 0 Å². The molecule has 0 saturated heterocycles. The molecule has 1 N–H and O–H groups in total. The van der Waals surface area contributed by atoms with Crippen LogP contribution in [-0.4, -0.2) is 26.8 Å². The van der Waals surface area contributed by atoms with Crippen LogP contribution in [-0.2, 0) is 24.4 Å². The lowest BCUT2D eigenvalue weighted by Gasteiger charge is -2.17. The van der Waals surface area contributed by atoms with Crippen LogP contribution in [0.1, 0.15) is 5.56 Å². The van der Waals surface area contributed by atoms with Gasteiger partial charge in [0.25, 0.3) is 0 Å². The second-order valence-corrected chi connectivity index (χ2v) is 6.47. The highest BCUT2D eigenvalue weighted by atomic mass is 16.2. The van der Waals surface area contributed by atoms with Crippen LogP contribution in [0.3, 0.4) is 0 Å². The van der Waals surface area contributed by atoms with Crippen molar-refractivity contribution in [1.82, 2.24) is 19.7 Å². The molecule has 28 heavy (non-hydrogen) atoms. The van der Waals surface area contributed by atoms with Crippen molar-refractivity contribution in [3.8, 4) is 0 Å². The maximum absolute atomic E-state index is 12.5. The Hall–Kier alpha value is -3.68. The van der Waals surface area contributed by atoms with Gasteiger partial charge in [-0.3, -0.25) is 19.0 Å². The quantitative estimate of drug-likeness (QED) is 0.667. The number of fused-ring (bicyclic) bond motifs is 1. The van der Waals surface area contributed by atoms with E-state index >= 15 is 0 Å². The van der Waals surface area contributed by atoms with Gasteiger partial charge in [0.15, 0.2) is 0 Å². The molecule has 0 unspecified atom stereocenters. The molecule has 4 rings (SSSR count). The maximum atomic E-state index is 12.5. The summed E-state index contributed by atoms with van der Waals surface area (Å²) < 4.78 is 2.30. The number of carbonyl (C=O) groups is 1. The van der Waals surface area contributed by atoms with Gasteiger partial charge >= 0.3 is 11.1 Å². The van der Waals surface area contributed by atoms with E-state index in [-0.39, 0.29) is 12.5 Å². The summed E-state index contributed by atoms with van der Waals surface area (Å²) in [5.74, 6) is -0.0151. The lowest BCUT2D eigenvalue weighted by Crippen LogP contribution is -2.44. The van der Waals surface area contributed by atoms with Crippen LogP contribution in [0, 0.1) is 0 Å². The molecule has 0 saturated carbocycles. The SMILES string of the molecule is O=C(Cn1nc2n(c(=O)c1=O)CCN2c1ccccc1)NCc1ccccc1. The molecule has 142 valence electrons. The van der Waals surface area contributed by atoms with Gasteiger partial charge in [-0.1, -0.05) is 48.5 Å². The molecular weight excluding hydrogens is 358 g/mol. The van der Waals surface area contributed by atoms with Gasteiger partial charge in [0.05, 0.1) is 0 Å². The Balaban J connectivity index is 1.57. The van der Waals surface area contributed by atoms with Gasteiger partial charge in [0.1, 0.15) is 6.54 Å². The number of amides is 1.